The van der Waals surface area contributed by atoms with Crippen molar-refractivity contribution in [2.45, 2.75) is 66.2 Å². The minimum Gasteiger partial charge on any atom is -0.299 e. The second kappa shape index (κ2) is 5.14. The molecule has 0 bridgehead atoms. The second-order valence-corrected chi connectivity index (χ2v) is 6.31. The highest BCUT2D eigenvalue weighted by atomic mass is 16.1. The van der Waals surface area contributed by atoms with Crippen LogP contribution in [-0.2, 0) is 4.79 Å². The Morgan fingerprint density at radius 2 is 1.93 bits per heavy atom. The van der Waals surface area contributed by atoms with Crippen molar-refractivity contribution in [3.63, 3.8) is 0 Å². The third-order valence-corrected chi connectivity index (χ3v) is 3.70. The number of ketones is 1. The van der Waals surface area contributed by atoms with Crippen LogP contribution in [-0.4, -0.2) is 5.78 Å². The van der Waals surface area contributed by atoms with Crippen molar-refractivity contribution in [1.82, 2.24) is 0 Å². The van der Waals surface area contributed by atoms with Gasteiger partial charge in [0.1, 0.15) is 5.78 Å². The molecule has 1 aliphatic carbocycles. The topological polar surface area (TPSA) is 17.1 Å². The first-order valence-corrected chi connectivity index (χ1v) is 6.45. The molecule has 0 aromatic heterocycles. The third-order valence-electron chi connectivity index (χ3n) is 3.70. The van der Waals surface area contributed by atoms with Gasteiger partial charge in [0.05, 0.1) is 0 Å². The summed E-state index contributed by atoms with van der Waals surface area (Å²) in [4.78, 5) is 12.0. The molecule has 0 aliphatic heterocycles. The average molecular weight is 210 g/mol. The number of Topliss-reactive ketones (excluding diaryl/α,β-unsaturated/α-hetero) is 1. The van der Waals surface area contributed by atoms with Gasteiger partial charge in [-0.2, -0.15) is 0 Å². The minimum atomic E-state index is 0.304. The van der Waals surface area contributed by atoms with E-state index in [0.29, 0.717) is 17.1 Å². The lowest BCUT2D eigenvalue weighted by molar-refractivity contribution is -0.123. The maximum Gasteiger partial charge on any atom is 0.136 e. The Hall–Kier alpha value is -0.330. The summed E-state index contributed by atoms with van der Waals surface area (Å²) in [5.74, 6) is 1.76. The van der Waals surface area contributed by atoms with E-state index in [1.807, 2.05) is 0 Å². The molecule has 88 valence electrons. The predicted molar refractivity (Wildman–Crippen MR) is 64.8 cm³/mol. The molecule has 1 nitrogen and oxygen atoms in total. The molecule has 0 aromatic rings. The number of rotatable bonds is 4. The first-order valence-electron chi connectivity index (χ1n) is 6.45. The van der Waals surface area contributed by atoms with Crippen LogP contribution in [0.4, 0.5) is 0 Å². The molecule has 1 aliphatic rings. The van der Waals surface area contributed by atoms with Crippen molar-refractivity contribution >= 4 is 5.78 Å². The third kappa shape index (κ3) is 4.36. The van der Waals surface area contributed by atoms with Gasteiger partial charge in [0, 0.05) is 12.3 Å². The fourth-order valence-corrected chi connectivity index (χ4v) is 2.44. The Balaban J connectivity index is 2.30. The molecule has 2 atom stereocenters. The van der Waals surface area contributed by atoms with Crippen LogP contribution in [0.25, 0.3) is 0 Å². The molecule has 15 heavy (non-hydrogen) atoms. The van der Waals surface area contributed by atoms with E-state index in [1.165, 1.54) is 19.3 Å². The van der Waals surface area contributed by atoms with Crippen LogP contribution < -0.4 is 0 Å². The quantitative estimate of drug-likeness (QED) is 0.679. The second-order valence-electron chi connectivity index (χ2n) is 6.31. The standard InChI is InChI=1S/C14H26O/c1-5-11-6-7-12(10-11)13(15)8-9-14(2,3)4/h11-12H,5-10H2,1-4H3. The Bertz CT molecular complexity index is 212. The van der Waals surface area contributed by atoms with Crippen LogP contribution in [0.3, 0.4) is 0 Å². The fourth-order valence-electron chi connectivity index (χ4n) is 2.44. The summed E-state index contributed by atoms with van der Waals surface area (Å²) in [6, 6.07) is 0. The van der Waals surface area contributed by atoms with Crippen LogP contribution in [0.5, 0.6) is 0 Å². The van der Waals surface area contributed by atoms with Crippen LogP contribution in [0.15, 0.2) is 0 Å². The highest BCUT2D eigenvalue weighted by molar-refractivity contribution is 5.81. The van der Waals surface area contributed by atoms with Crippen molar-refractivity contribution in [3.05, 3.63) is 0 Å². The van der Waals surface area contributed by atoms with E-state index >= 15 is 0 Å². The van der Waals surface area contributed by atoms with Gasteiger partial charge in [0.2, 0.25) is 0 Å². The van der Waals surface area contributed by atoms with E-state index in [9.17, 15) is 4.79 Å². The zero-order valence-corrected chi connectivity index (χ0v) is 10.8. The number of hydrogen-bond donors (Lipinski definition) is 0. The van der Waals surface area contributed by atoms with Gasteiger partial charge in [0.15, 0.2) is 0 Å². The van der Waals surface area contributed by atoms with Crippen molar-refractivity contribution in [2.75, 3.05) is 0 Å². The fraction of sp³-hybridized carbons (Fsp3) is 0.929. The summed E-state index contributed by atoms with van der Waals surface area (Å²) >= 11 is 0. The van der Waals surface area contributed by atoms with Crippen molar-refractivity contribution < 1.29 is 4.79 Å². The molecule has 0 heterocycles. The van der Waals surface area contributed by atoms with Crippen molar-refractivity contribution in [3.8, 4) is 0 Å². The molecule has 1 heteroatoms. The highest BCUT2D eigenvalue weighted by Crippen LogP contribution is 2.35. The molecular weight excluding hydrogens is 184 g/mol. The summed E-state index contributed by atoms with van der Waals surface area (Å²) in [7, 11) is 0. The van der Waals surface area contributed by atoms with Gasteiger partial charge in [-0.15, -0.1) is 0 Å². The van der Waals surface area contributed by atoms with Gasteiger partial charge in [-0.25, -0.2) is 0 Å². The molecule has 0 spiro atoms. The molecule has 1 saturated carbocycles. The van der Waals surface area contributed by atoms with Crippen molar-refractivity contribution in [2.24, 2.45) is 17.3 Å². The summed E-state index contributed by atoms with van der Waals surface area (Å²) < 4.78 is 0. The predicted octanol–water partition coefficient (Wildman–Crippen LogP) is 4.21. The zero-order chi connectivity index (χ0) is 11.5. The van der Waals surface area contributed by atoms with Crippen LogP contribution >= 0.6 is 0 Å². The maximum atomic E-state index is 12.0. The summed E-state index contributed by atoms with van der Waals surface area (Å²) in [6.07, 6.45) is 6.69. The molecule has 0 aromatic carbocycles. The monoisotopic (exact) mass is 210 g/mol. The normalized spacial score (nSPS) is 26.9. The molecule has 1 fully saturated rings. The van der Waals surface area contributed by atoms with E-state index in [-0.39, 0.29) is 0 Å². The van der Waals surface area contributed by atoms with E-state index in [1.54, 1.807) is 0 Å². The molecule has 0 N–H and O–H groups in total. The Labute approximate surface area is 94.6 Å². The number of hydrogen-bond acceptors (Lipinski definition) is 1. The van der Waals surface area contributed by atoms with Gasteiger partial charge in [-0.1, -0.05) is 34.1 Å². The molecule has 2 unspecified atom stereocenters. The first-order chi connectivity index (χ1) is 6.92. The Morgan fingerprint density at radius 3 is 2.40 bits per heavy atom. The van der Waals surface area contributed by atoms with E-state index in [2.05, 4.69) is 27.7 Å². The van der Waals surface area contributed by atoms with Gasteiger partial charge in [-0.05, 0) is 37.0 Å². The molecule has 0 amide bonds. The van der Waals surface area contributed by atoms with Gasteiger partial charge in [0.25, 0.3) is 0 Å². The van der Waals surface area contributed by atoms with Gasteiger partial charge < -0.3 is 0 Å². The lowest BCUT2D eigenvalue weighted by Crippen LogP contribution is -2.15. The zero-order valence-electron chi connectivity index (χ0n) is 10.8. The molecular formula is C14H26O. The summed E-state index contributed by atoms with van der Waals surface area (Å²) in [6.45, 7) is 8.88. The molecule has 0 radical (unpaired) electrons. The van der Waals surface area contributed by atoms with Gasteiger partial charge >= 0.3 is 0 Å². The van der Waals surface area contributed by atoms with Crippen molar-refractivity contribution in [1.29, 1.82) is 0 Å². The van der Waals surface area contributed by atoms with E-state index in [4.69, 9.17) is 0 Å². The SMILES string of the molecule is CCC1CCC(C(=O)CCC(C)(C)C)C1. The van der Waals surface area contributed by atoms with Gasteiger partial charge in [-0.3, -0.25) is 4.79 Å². The van der Waals surface area contributed by atoms with E-state index in [0.717, 1.165) is 25.2 Å². The Morgan fingerprint density at radius 1 is 1.27 bits per heavy atom. The Kier molecular flexibility index (Phi) is 4.36. The summed E-state index contributed by atoms with van der Waals surface area (Å²) in [5, 5.41) is 0. The largest absolute Gasteiger partial charge is 0.299 e. The smallest absolute Gasteiger partial charge is 0.136 e. The lowest BCUT2D eigenvalue weighted by atomic mass is 9.86. The van der Waals surface area contributed by atoms with Crippen LogP contribution in [0.2, 0.25) is 0 Å². The number of carbonyl (C=O) groups is 1. The van der Waals surface area contributed by atoms with Crippen LogP contribution in [0, 0.1) is 17.3 Å². The minimum absolute atomic E-state index is 0.304. The highest BCUT2D eigenvalue weighted by Gasteiger charge is 2.28. The average Bonchev–Trinajstić information content (AvgIpc) is 2.61. The van der Waals surface area contributed by atoms with E-state index < -0.39 is 0 Å². The molecule has 1 rings (SSSR count). The van der Waals surface area contributed by atoms with Crippen LogP contribution in [0.1, 0.15) is 66.2 Å². The lowest BCUT2D eigenvalue weighted by Gasteiger charge is -2.18. The maximum absolute atomic E-state index is 12.0. The number of carbonyl (C=O) groups excluding carboxylic acids is 1. The first kappa shape index (κ1) is 12.7. The molecule has 0 saturated heterocycles. The summed E-state index contributed by atoms with van der Waals surface area (Å²) in [5.41, 5.74) is 0.304.